The summed E-state index contributed by atoms with van der Waals surface area (Å²) in [4.78, 5) is 44.6. The molecule has 0 aliphatic carbocycles. The molecule has 0 amide bonds. The molecule has 0 radical (unpaired) electrons. The first-order chi connectivity index (χ1) is 24.6. The van der Waals surface area contributed by atoms with Gasteiger partial charge in [0.05, 0.1) is 53.2 Å². The standard InChI is InChI=1S/C37H36Br2N2O9S/c1-6-46-28-18-24(11-14-27(28)49-20-31(42)45-5)33-32(36(44)48-8-3)21(4)40-37-41(33)35(43)30(51-37)17-23-15-26(39)34(29(16-23)47-7-2)50-19-22-9-12-25(38)13-10-22/h9-18,33H,6-8,19-20H2,1-5H3/b30-17-/t33-/m0/s1. The average molecular weight is 845 g/mol. The van der Waals surface area contributed by atoms with Crippen LogP contribution < -0.4 is 33.8 Å². The van der Waals surface area contributed by atoms with Gasteiger partial charge in [0, 0.05) is 4.47 Å². The summed E-state index contributed by atoms with van der Waals surface area (Å²) >= 11 is 8.29. The predicted octanol–water partition coefficient (Wildman–Crippen LogP) is 6.25. The van der Waals surface area contributed by atoms with Gasteiger partial charge in [0.1, 0.15) is 6.61 Å². The molecule has 1 aliphatic rings. The lowest BCUT2D eigenvalue weighted by atomic mass is 9.95. The topological polar surface area (TPSA) is 124 Å². The van der Waals surface area contributed by atoms with Gasteiger partial charge in [-0.3, -0.25) is 9.36 Å². The van der Waals surface area contributed by atoms with E-state index in [1.165, 1.54) is 23.0 Å². The third kappa shape index (κ3) is 8.74. The van der Waals surface area contributed by atoms with Crippen LogP contribution in [0.3, 0.4) is 0 Å². The van der Waals surface area contributed by atoms with Gasteiger partial charge in [-0.15, -0.1) is 0 Å². The van der Waals surface area contributed by atoms with Crippen molar-refractivity contribution < 1.29 is 38.0 Å². The number of ether oxygens (including phenoxy) is 6. The average Bonchev–Trinajstić information content (AvgIpc) is 3.41. The first-order valence-corrected chi connectivity index (χ1v) is 18.5. The highest BCUT2D eigenvalue weighted by Gasteiger charge is 2.34. The van der Waals surface area contributed by atoms with Crippen molar-refractivity contribution in [2.75, 3.05) is 33.5 Å². The minimum Gasteiger partial charge on any atom is -0.490 e. The van der Waals surface area contributed by atoms with Gasteiger partial charge in [-0.05, 0) is 103 Å². The number of hydrogen-bond acceptors (Lipinski definition) is 11. The van der Waals surface area contributed by atoms with Gasteiger partial charge < -0.3 is 28.4 Å². The third-order valence-corrected chi connectivity index (χ3v) is 9.70. The molecule has 14 heteroatoms. The fourth-order valence-corrected chi connectivity index (χ4v) is 7.23. The van der Waals surface area contributed by atoms with Crippen LogP contribution >= 0.6 is 43.2 Å². The van der Waals surface area contributed by atoms with E-state index in [0.717, 1.165) is 10.0 Å². The molecule has 3 aromatic carbocycles. The molecule has 1 aromatic heterocycles. The Morgan fingerprint density at radius 1 is 0.902 bits per heavy atom. The van der Waals surface area contributed by atoms with Crippen molar-refractivity contribution in [3.05, 3.63) is 111 Å². The van der Waals surface area contributed by atoms with Gasteiger partial charge in [-0.2, -0.15) is 0 Å². The Morgan fingerprint density at radius 3 is 2.31 bits per heavy atom. The number of hydrogen-bond donors (Lipinski definition) is 0. The number of thiazole rings is 1. The van der Waals surface area contributed by atoms with Gasteiger partial charge in [0.15, 0.2) is 34.4 Å². The van der Waals surface area contributed by atoms with Crippen LogP contribution in [0.1, 0.15) is 50.4 Å². The molecular weight excluding hydrogens is 808 g/mol. The molecule has 0 saturated heterocycles. The van der Waals surface area contributed by atoms with E-state index in [1.807, 2.05) is 50.2 Å². The van der Waals surface area contributed by atoms with Gasteiger partial charge in [-0.1, -0.05) is 45.5 Å². The van der Waals surface area contributed by atoms with E-state index in [0.29, 0.717) is 73.4 Å². The molecule has 5 rings (SSSR count). The van der Waals surface area contributed by atoms with Gasteiger partial charge >= 0.3 is 11.9 Å². The minimum absolute atomic E-state index is 0.136. The summed E-state index contributed by atoms with van der Waals surface area (Å²) in [7, 11) is 1.27. The smallest absolute Gasteiger partial charge is 0.343 e. The van der Waals surface area contributed by atoms with E-state index in [-0.39, 0.29) is 24.3 Å². The summed E-state index contributed by atoms with van der Waals surface area (Å²) < 4.78 is 37.3. The monoisotopic (exact) mass is 842 g/mol. The second kappa shape index (κ2) is 17.2. The van der Waals surface area contributed by atoms with Crippen LogP contribution in [-0.2, 0) is 25.7 Å². The summed E-state index contributed by atoms with van der Waals surface area (Å²) in [5, 5.41) is 0. The van der Waals surface area contributed by atoms with Crippen LogP contribution in [0.5, 0.6) is 23.0 Å². The summed E-state index contributed by atoms with van der Waals surface area (Å²) in [5.74, 6) is 0.536. The summed E-state index contributed by atoms with van der Waals surface area (Å²) in [6.07, 6.45) is 1.76. The molecule has 0 saturated carbocycles. The number of halogens is 2. The number of allylic oxidation sites excluding steroid dienone is 1. The van der Waals surface area contributed by atoms with Crippen LogP contribution in [0.25, 0.3) is 6.08 Å². The molecule has 1 atom stereocenters. The predicted molar refractivity (Wildman–Crippen MR) is 199 cm³/mol. The van der Waals surface area contributed by atoms with Crippen molar-refractivity contribution in [3.63, 3.8) is 0 Å². The quantitative estimate of drug-likeness (QED) is 0.136. The zero-order chi connectivity index (χ0) is 36.7. The molecule has 0 unspecified atom stereocenters. The lowest BCUT2D eigenvalue weighted by Gasteiger charge is -2.25. The van der Waals surface area contributed by atoms with Crippen molar-refractivity contribution >= 4 is 61.2 Å². The lowest BCUT2D eigenvalue weighted by Crippen LogP contribution is -2.40. The summed E-state index contributed by atoms with van der Waals surface area (Å²) in [6, 6.07) is 15.7. The van der Waals surface area contributed by atoms with Gasteiger partial charge in [0.25, 0.3) is 5.56 Å². The van der Waals surface area contributed by atoms with E-state index in [2.05, 4.69) is 36.9 Å². The van der Waals surface area contributed by atoms with Crippen molar-refractivity contribution in [1.29, 1.82) is 0 Å². The molecule has 0 spiro atoms. The molecule has 51 heavy (non-hydrogen) atoms. The van der Waals surface area contributed by atoms with Crippen LogP contribution in [-0.4, -0.2) is 50.0 Å². The highest BCUT2D eigenvalue weighted by molar-refractivity contribution is 9.10. The molecule has 0 bridgehead atoms. The zero-order valence-electron chi connectivity index (χ0n) is 28.6. The number of aromatic nitrogens is 1. The minimum atomic E-state index is -0.892. The number of carbonyl (C=O) groups excluding carboxylic acids is 2. The van der Waals surface area contributed by atoms with E-state index in [9.17, 15) is 14.4 Å². The normalized spacial score (nSPS) is 14.0. The molecule has 4 aromatic rings. The second-order valence-corrected chi connectivity index (χ2v) is 13.8. The summed E-state index contributed by atoms with van der Waals surface area (Å²) in [6.45, 7) is 7.97. The molecular formula is C37H36Br2N2O9S. The largest absolute Gasteiger partial charge is 0.490 e. The van der Waals surface area contributed by atoms with Crippen molar-refractivity contribution in [2.24, 2.45) is 4.99 Å². The molecule has 0 N–H and O–H groups in total. The van der Waals surface area contributed by atoms with Crippen LogP contribution in [0.2, 0.25) is 0 Å². The third-order valence-electron chi connectivity index (χ3n) is 7.60. The molecule has 1 aliphatic heterocycles. The van der Waals surface area contributed by atoms with E-state index < -0.39 is 18.0 Å². The van der Waals surface area contributed by atoms with Crippen LogP contribution in [0.4, 0.5) is 0 Å². The SMILES string of the molecule is CCOC(=O)C1=C(C)N=c2s/c(=C\c3cc(Br)c(OCc4ccc(Br)cc4)c(OCC)c3)c(=O)n2[C@H]1c1ccc(OCC(=O)OC)c(OCC)c1. The fraction of sp³-hybridized carbons (Fsp3) is 0.297. The number of rotatable bonds is 14. The van der Waals surface area contributed by atoms with Crippen molar-refractivity contribution in [1.82, 2.24) is 4.57 Å². The van der Waals surface area contributed by atoms with Crippen molar-refractivity contribution in [3.8, 4) is 23.0 Å². The van der Waals surface area contributed by atoms with Crippen molar-refractivity contribution in [2.45, 2.75) is 40.3 Å². The maximum Gasteiger partial charge on any atom is 0.343 e. The Kier molecular flexibility index (Phi) is 12.8. The number of benzene rings is 3. The maximum atomic E-state index is 14.3. The lowest BCUT2D eigenvalue weighted by molar-refractivity contribution is -0.143. The first kappa shape index (κ1) is 37.8. The highest BCUT2D eigenvalue weighted by Crippen LogP contribution is 2.39. The Bertz CT molecular complexity index is 2140. The Morgan fingerprint density at radius 2 is 1.63 bits per heavy atom. The molecule has 2 heterocycles. The van der Waals surface area contributed by atoms with E-state index >= 15 is 0 Å². The number of esters is 2. The first-order valence-electron chi connectivity index (χ1n) is 16.1. The number of nitrogens with zero attached hydrogens (tertiary/aromatic N) is 2. The molecule has 268 valence electrons. The number of fused-ring (bicyclic) bond motifs is 1. The Hall–Kier alpha value is -4.40. The summed E-state index contributed by atoms with van der Waals surface area (Å²) in [5.41, 5.74) is 2.52. The van der Waals surface area contributed by atoms with E-state index in [1.54, 1.807) is 38.1 Å². The fourth-order valence-electron chi connectivity index (χ4n) is 5.35. The second-order valence-electron chi connectivity index (χ2n) is 11.0. The number of methoxy groups -OCH3 is 1. The highest BCUT2D eigenvalue weighted by atomic mass is 79.9. The van der Waals surface area contributed by atoms with Gasteiger partial charge in [0.2, 0.25) is 0 Å². The maximum absolute atomic E-state index is 14.3. The molecule has 0 fully saturated rings. The van der Waals surface area contributed by atoms with Crippen LogP contribution in [0, 0.1) is 0 Å². The zero-order valence-corrected chi connectivity index (χ0v) is 32.6. The number of carbonyl (C=O) groups is 2. The van der Waals surface area contributed by atoms with Gasteiger partial charge in [-0.25, -0.2) is 14.6 Å². The Balaban J connectivity index is 1.59. The van der Waals surface area contributed by atoms with Crippen LogP contribution in [0.15, 0.2) is 84.6 Å². The molecule has 11 nitrogen and oxygen atoms in total. The Labute approximate surface area is 315 Å². The van der Waals surface area contributed by atoms with E-state index in [4.69, 9.17) is 28.4 Å².